The Bertz CT molecular complexity index is 319. The Kier molecular flexibility index (Phi) is 5.26. The summed E-state index contributed by atoms with van der Waals surface area (Å²) in [4.78, 5) is 11.9. The smallest absolute Gasteiger partial charge is 0.261 e. The van der Waals surface area contributed by atoms with Gasteiger partial charge in [0.05, 0.1) is 6.61 Å². The van der Waals surface area contributed by atoms with Gasteiger partial charge in [-0.05, 0) is 12.8 Å². The molecule has 6 nitrogen and oxygen atoms in total. The summed E-state index contributed by atoms with van der Waals surface area (Å²) < 4.78 is 28.1. The fourth-order valence-electron chi connectivity index (χ4n) is 1.80. The number of hydrogen-bond acceptors (Lipinski definition) is 4. The molecule has 0 heterocycles. The highest BCUT2D eigenvalue weighted by Crippen LogP contribution is 2.41. The van der Waals surface area contributed by atoms with E-state index in [2.05, 4.69) is 15.2 Å². The summed E-state index contributed by atoms with van der Waals surface area (Å²) >= 11 is 0. The third kappa shape index (κ3) is 3.28. The zero-order valence-electron chi connectivity index (χ0n) is 9.86. The average molecular weight is 265 g/mol. The number of halogens is 2. The second kappa shape index (κ2) is 6.48. The van der Waals surface area contributed by atoms with Gasteiger partial charge in [-0.2, -0.15) is 0 Å². The van der Waals surface area contributed by atoms with E-state index in [-0.39, 0.29) is 24.9 Å². The second-order valence-electron chi connectivity index (χ2n) is 4.14. The number of ether oxygens (including phenoxy) is 1. The summed E-state index contributed by atoms with van der Waals surface area (Å²) in [5.74, 6) is -0.468. The van der Waals surface area contributed by atoms with Crippen molar-refractivity contribution in [1.29, 1.82) is 0 Å². The number of hydrogen-bond donors (Lipinski definition) is 3. The lowest BCUT2D eigenvalue weighted by molar-refractivity contribution is -0.131. The van der Waals surface area contributed by atoms with Gasteiger partial charge in [-0.25, -0.2) is 8.78 Å². The molecule has 1 rings (SSSR count). The molecule has 0 aromatic rings. The van der Waals surface area contributed by atoms with Crippen LogP contribution in [0.4, 0.5) is 8.78 Å². The number of rotatable bonds is 7. The van der Waals surface area contributed by atoms with E-state index < -0.39 is 18.4 Å². The quantitative estimate of drug-likeness (QED) is 0.203. The monoisotopic (exact) mass is 265 g/mol. The number of carbonyl (C=O) groups is 1. The van der Waals surface area contributed by atoms with E-state index in [1.807, 2.05) is 0 Å². The molecule has 4 N–H and O–H groups in total. The fraction of sp³-hybridized carbons (Fsp3) is 0.800. The average Bonchev–Trinajstić information content (AvgIpc) is 2.26. The van der Waals surface area contributed by atoms with E-state index in [1.54, 1.807) is 0 Å². The van der Waals surface area contributed by atoms with Crippen molar-refractivity contribution in [3.05, 3.63) is 0 Å². The van der Waals surface area contributed by atoms with E-state index in [4.69, 9.17) is 10.9 Å². The summed E-state index contributed by atoms with van der Waals surface area (Å²) in [5.41, 5.74) is 4.55. The van der Waals surface area contributed by atoms with Gasteiger partial charge in [0.1, 0.15) is 12.0 Å². The highest BCUT2D eigenvalue weighted by Gasteiger charge is 2.48. The molecule has 0 spiro atoms. The lowest BCUT2D eigenvalue weighted by atomic mass is 9.67. The van der Waals surface area contributed by atoms with Crippen LogP contribution in [0.1, 0.15) is 19.3 Å². The molecule has 1 aliphatic carbocycles. The summed E-state index contributed by atoms with van der Waals surface area (Å²) in [6.07, 6.45) is -0.652. The van der Waals surface area contributed by atoms with Gasteiger partial charge in [0, 0.05) is 6.54 Å². The molecule has 1 fully saturated rings. The van der Waals surface area contributed by atoms with Crippen LogP contribution < -0.4 is 11.1 Å². The van der Waals surface area contributed by atoms with Gasteiger partial charge in [-0.3, -0.25) is 4.79 Å². The molecule has 104 valence electrons. The Morgan fingerprint density at radius 1 is 1.56 bits per heavy atom. The first-order valence-electron chi connectivity index (χ1n) is 5.65. The molecule has 1 saturated carbocycles. The first-order valence-corrected chi connectivity index (χ1v) is 5.65. The van der Waals surface area contributed by atoms with E-state index >= 15 is 0 Å². The Balaban J connectivity index is 2.31. The highest BCUT2D eigenvalue weighted by atomic mass is 19.3. The van der Waals surface area contributed by atoms with Crippen molar-refractivity contribution < 1.29 is 23.5 Å². The van der Waals surface area contributed by atoms with Crippen LogP contribution >= 0.6 is 0 Å². The standard InChI is InChI=1S/C10H17F2N3O3/c11-7(12)6-18-5-4-14-9(16)10(2-1-3-10)8(13)15-17/h7,17H,1-6H2,(H2,13,15)(H,14,16). The van der Waals surface area contributed by atoms with Crippen LogP contribution in [-0.4, -0.2) is 43.1 Å². The zero-order valence-corrected chi connectivity index (χ0v) is 9.86. The van der Waals surface area contributed by atoms with Crippen molar-refractivity contribution in [3.8, 4) is 0 Å². The maximum Gasteiger partial charge on any atom is 0.261 e. The van der Waals surface area contributed by atoms with Crippen molar-refractivity contribution >= 4 is 11.7 Å². The Labute approximate surface area is 103 Å². The summed E-state index contributed by atoms with van der Waals surface area (Å²) in [6.45, 7) is -0.532. The van der Waals surface area contributed by atoms with Gasteiger partial charge in [-0.15, -0.1) is 0 Å². The van der Waals surface area contributed by atoms with Crippen LogP contribution in [0.3, 0.4) is 0 Å². The number of amidine groups is 1. The molecule has 0 aromatic carbocycles. The maximum atomic E-state index is 11.9. The molecule has 0 atom stereocenters. The first kappa shape index (κ1) is 14.6. The minimum atomic E-state index is -2.52. The number of nitrogens with one attached hydrogen (secondary N) is 1. The first-order chi connectivity index (χ1) is 8.53. The number of oxime groups is 1. The largest absolute Gasteiger partial charge is 0.409 e. The third-order valence-corrected chi connectivity index (χ3v) is 3.02. The summed E-state index contributed by atoms with van der Waals surface area (Å²) in [6, 6.07) is 0. The van der Waals surface area contributed by atoms with Gasteiger partial charge in [-0.1, -0.05) is 11.6 Å². The Morgan fingerprint density at radius 3 is 2.67 bits per heavy atom. The van der Waals surface area contributed by atoms with Crippen molar-refractivity contribution in [1.82, 2.24) is 5.32 Å². The van der Waals surface area contributed by atoms with Crippen molar-refractivity contribution in [3.63, 3.8) is 0 Å². The third-order valence-electron chi connectivity index (χ3n) is 3.02. The van der Waals surface area contributed by atoms with Gasteiger partial charge < -0.3 is 21.0 Å². The minimum absolute atomic E-state index is 0.00231. The zero-order chi connectivity index (χ0) is 13.6. The number of nitrogens with two attached hydrogens (primary N) is 1. The molecule has 1 aliphatic rings. The number of carbonyl (C=O) groups excluding carboxylic acids is 1. The van der Waals surface area contributed by atoms with E-state index in [1.165, 1.54) is 0 Å². The van der Waals surface area contributed by atoms with Crippen molar-refractivity contribution in [2.45, 2.75) is 25.7 Å². The molecule has 0 bridgehead atoms. The van der Waals surface area contributed by atoms with Crippen LogP contribution in [0.5, 0.6) is 0 Å². The lowest BCUT2D eigenvalue weighted by Crippen LogP contribution is -2.54. The predicted molar refractivity (Wildman–Crippen MR) is 59.5 cm³/mol. The number of alkyl halides is 2. The van der Waals surface area contributed by atoms with Gasteiger partial charge in [0.2, 0.25) is 5.91 Å². The molecule has 0 saturated heterocycles. The van der Waals surface area contributed by atoms with Crippen LogP contribution in [0.15, 0.2) is 5.16 Å². The summed E-state index contributed by atoms with van der Waals surface area (Å²) in [5, 5.41) is 14.0. The van der Waals surface area contributed by atoms with E-state index in [0.717, 1.165) is 6.42 Å². The SMILES string of the molecule is NC(=NO)C1(C(=O)NCCOCC(F)F)CCC1. The molecule has 0 aromatic heterocycles. The molecule has 0 radical (unpaired) electrons. The molecule has 8 heteroatoms. The molecule has 0 unspecified atom stereocenters. The van der Waals surface area contributed by atoms with Crippen LogP contribution in [0.2, 0.25) is 0 Å². The normalized spacial score (nSPS) is 18.5. The maximum absolute atomic E-state index is 11.9. The Hall–Kier alpha value is -1.44. The Morgan fingerprint density at radius 2 is 2.22 bits per heavy atom. The lowest BCUT2D eigenvalue weighted by Gasteiger charge is -2.38. The van der Waals surface area contributed by atoms with Gasteiger partial charge >= 0.3 is 0 Å². The fourth-order valence-corrected chi connectivity index (χ4v) is 1.80. The number of nitrogens with zero attached hydrogens (tertiary/aromatic N) is 1. The topological polar surface area (TPSA) is 96.9 Å². The molecule has 18 heavy (non-hydrogen) atoms. The highest BCUT2D eigenvalue weighted by molar-refractivity contribution is 6.07. The van der Waals surface area contributed by atoms with E-state index in [9.17, 15) is 13.6 Å². The molecule has 0 aliphatic heterocycles. The molecule has 1 amide bonds. The minimum Gasteiger partial charge on any atom is -0.409 e. The van der Waals surface area contributed by atoms with Crippen LogP contribution in [0, 0.1) is 5.41 Å². The van der Waals surface area contributed by atoms with Crippen LogP contribution in [0.25, 0.3) is 0 Å². The van der Waals surface area contributed by atoms with Gasteiger partial charge in [0.25, 0.3) is 6.43 Å². The molecular weight excluding hydrogens is 248 g/mol. The van der Waals surface area contributed by atoms with Crippen molar-refractivity contribution in [2.24, 2.45) is 16.3 Å². The van der Waals surface area contributed by atoms with E-state index in [0.29, 0.717) is 12.8 Å². The van der Waals surface area contributed by atoms with Gasteiger partial charge in [0.15, 0.2) is 5.84 Å². The molecular formula is C10H17F2N3O3. The summed E-state index contributed by atoms with van der Waals surface area (Å²) in [7, 11) is 0. The number of amides is 1. The predicted octanol–water partition coefficient (Wildman–Crippen LogP) is 0.301. The van der Waals surface area contributed by atoms with Crippen LogP contribution in [-0.2, 0) is 9.53 Å². The van der Waals surface area contributed by atoms with Crippen molar-refractivity contribution in [2.75, 3.05) is 19.8 Å². The second-order valence-corrected chi connectivity index (χ2v) is 4.14.